The molecule has 0 bridgehead atoms. The maximum atomic E-state index is 12.4. The number of nitrogens with one attached hydrogen (secondary N) is 1. The van der Waals surface area contributed by atoms with Gasteiger partial charge >= 0.3 is 6.18 Å². The monoisotopic (exact) mass is 374 g/mol. The Labute approximate surface area is 151 Å². The highest BCUT2D eigenvalue weighted by Gasteiger charge is 2.29. The number of nitrogens with zero attached hydrogens (tertiary/aromatic N) is 1. The second-order valence-electron chi connectivity index (χ2n) is 6.64. The Morgan fingerprint density at radius 1 is 1.35 bits per heavy atom. The highest BCUT2D eigenvalue weighted by Crippen LogP contribution is 2.27. The van der Waals surface area contributed by atoms with Gasteiger partial charge < -0.3 is 19.7 Å². The lowest BCUT2D eigenvalue weighted by atomic mass is 10.0. The highest BCUT2D eigenvalue weighted by molar-refractivity contribution is 5.76. The average Bonchev–Trinajstić information content (AvgIpc) is 2.53. The van der Waals surface area contributed by atoms with Crippen LogP contribution in [0.5, 0.6) is 5.75 Å². The molecule has 1 aromatic rings. The minimum atomic E-state index is -4.37. The molecule has 0 radical (unpaired) electrons. The number of alkyl halides is 3. The quantitative estimate of drug-likeness (QED) is 0.832. The van der Waals surface area contributed by atoms with E-state index in [9.17, 15) is 18.0 Å². The number of carbonyl (C=O) groups excluding carboxylic acids is 1. The summed E-state index contributed by atoms with van der Waals surface area (Å²) in [7, 11) is 1.71. The fourth-order valence-corrected chi connectivity index (χ4v) is 2.99. The molecule has 8 heteroatoms. The third-order valence-electron chi connectivity index (χ3n) is 4.17. The second kappa shape index (κ2) is 8.73. The summed E-state index contributed by atoms with van der Waals surface area (Å²) < 4.78 is 47.3. The largest absolute Gasteiger partial charge is 0.484 e. The van der Waals surface area contributed by atoms with E-state index in [0.717, 1.165) is 12.1 Å². The summed E-state index contributed by atoms with van der Waals surface area (Å²) in [6.07, 6.45) is -4.03. The van der Waals surface area contributed by atoms with Crippen LogP contribution in [-0.4, -0.2) is 56.4 Å². The molecule has 1 aromatic carbocycles. The number of rotatable bonds is 6. The average molecular weight is 374 g/mol. The molecule has 146 valence electrons. The first kappa shape index (κ1) is 20.5. The number of benzene rings is 1. The van der Waals surface area contributed by atoms with Crippen LogP contribution in [0.3, 0.4) is 0 Å². The van der Waals surface area contributed by atoms with Gasteiger partial charge in [0.25, 0.3) is 0 Å². The third kappa shape index (κ3) is 6.17. The van der Waals surface area contributed by atoms with Crippen molar-refractivity contribution in [3.63, 3.8) is 0 Å². The van der Waals surface area contributed by atoms with Gasteiger partial charge in [0.2, 0.25) is 5.91 Å². The molecule has 2 rings (SSSR count). The van der Waals surface area contributed by atoms with Crippen LogP contribution in [-0.2, 0) is 16.1 Å². The lowest BCUT2D eigenvalue weighted by Crippen LogP contribution is -2.44. The first-order valence-corrected chi connectivity index (χ1v) is 8.50. The Bertz CT molecular complexity index is 606. The van der Waals surface area contributed by atoms with E-state index in [4.69, 9.17) is 9.47 Å². The molecule has 1 unspecified atom stereocenters. The van der Waals surface area contributed by atoms with Crippen molar-refractivity contribution < 1.29 is 27.4 Å². The fraction of sp³-hybridized carbons (Fsp3) is 0.611. The molecular weight excluding hydrogens is 349 g/mol. The summed E-state index contributed by atoms with van der Waals surface area (Å²) in [5, 5.41) is 3.24. The van der Waals surface area contributed by atoms with Crippen molar-refractivity contribution in [1.29, 1.82) is 0 Å². The van der Waals surface area contributed by atoms with Gasteiger partial charge in [-0.3, -0.25) is 4.79 Å². The Balaban J connectivity index is 1.96. The normalized spacial score (nSPS) is 17.8. The lowest BCUT2D eigenvalue weighted by Gasteiger charge is -2.26. The molecule has 1 saturated heterocycles. The van der Waals surface area contributed by atoms with Crippen molar-refractivity contribution in [2.45, 2.75) is 39.0 Å². The van der Waals surface area contributed by atoms with Crippen LogP contribution < -0.4 is 10.1 Å². The van der Waals surface area contributed by atoms with Crippen molar-refractivity contribution in [3.8, 4) is 5.75 Å². The van der Waals surface area contributed by atoms with Crippen LogP contribution in [0.1, 0.15) is 23.1 Å². The molecule has 1 N–H and O–H groups in total. The number of carbonyl (C=O) groups is 1. The molecule has 1 aliphatic heterocycles. The molecule has 1 fully saturated rings. The fourth-order valence-electron chi connectivity index (χ4n) is 2.99. The number of halogens is 3. The van der Waals surface area contributed by atoms with Gasteiger partial charge in [-0.2, -0.15) is 13.2 Å². The lowest BCUT2D eigenvalue weighted by molar-refractivity contribution is -0.153. The molecule has 0 aliphatic carbocycles. The minimum absolute atomic E-state index is 0.0132. The molecule has 5 nitrogen and oxygen atoms in total. The Morgan fingerprint density at radius 2 is 2.00 bits per heavy atom. The molecule has 1 aliphatic rings. The number of ether oxygens (including phenoxy) is 2. The van der Waals surface area contributed by atoms with Crippen LogP contribution in [0.25, 0.3) is 0 Å². The van der Waals surface area contributed by atoms with Gasteiger partial charge in [0.1, 0.15) is 5.75 Å². The van der Waals surface area contributed by atoms with Crippen molar-refractivity contribution >= 4 is 5.91 Å². The summed E-state index contributed by atoms with van der Waals surface area (Å²) >= 11 is 0. The summed E-state index contributed by atoms with van der Waals surface area (Å²) in [4.78, 5) is 14.0. The van der Waals surface area contributed by atoms with Crippen LogP contribution in [0.15, 0.2) is 12.1 Å². The Hall–Kier alpha value is -1.80. The zero-order chi connectivity index (χ0) is 19.3. The van der Waals surface area contributed by atoms with Gasteiger partial charge in [-0.05, 0) is 30.5 Å². The SMILES string of the molecule is Cc1cc(CN(C)C(=O)CC2COCCN2)cc(C)c1OCC(F)(F)F. The first-order valence-electron chi connectivity index (χ1n) is 8.50. The summed E-state index contributed by atoms with van der Waals surface area (Å²) in [5.41, 5.74) is 2.09. The zero-order valence-electron chi connectivity index (χ0n) is 15.3. The molecular formula is C18H25F3N2O3. The van der Waals surface area contributed by atoms with Crippen LogP contribution in [0.4, 0.5) is 13.2 Å². The van der Waals surface area contributed by atoms with Gasteiger partial charge in [-0.25, -0.2) is 0 Å². The van der Waals surface area contributed by atoms with Gasteiger partial charge in [0.05, 0.1) is 13.2 Å². The van der Waals surface area contributed by atoms with E-state index >= 15 is 0 Å². The van der Waals surface area contributed by atoms with E-state index in [1.807, 2.05) is 0 Å². The second-order valence-corrected chi connectivity index (χ2v) is 6.64. The van der Waals surface area contributed by atoms with Gasteiger partial charge in [0, 0.05) is 32.6 Å². The standard InChI is InChI=1S/C18H25F3N2O3/c1-12-6-14(7-13(2)17(12)26-11-18(19,20)21)9-23(3)16(24)8-15-10-25-5-4-22-15/h6-7,15,22H,4-5,8-11H2,1-3H3. The van der Waals surface area contributed by atoms with E-state index in [1.165, 1.54) is 0 Å². The summed E-state index contributed by atoms with van der Waals surface area (Å²) in [6.45, 7) is 4.38. The number of morpholine rings is 1. The summed E-state index contributed by atoms with van der Waals surface area (Å²) in [5.74, 6) is 0.226. The van der Waals surface area contributed by atoms with Gasteiger partial charge in [0.15, 0.2) is 6.61 Å². The van der Waals surface area contributed by atoms with E-state index in [0.29, 0.717) is 37.3 Å². The Kier molecular flexibility index (Phi) is 6.88. The predicted molar refractivity (Wildman–Crippen MR) is 91.2 cm³/mol. The number of aryl methyl sites for hydroxylation is 2. The molecule has 0 saturated carbocycles. The number of hydrogen-bond acceptors (Lipinski definition) is 4. The van der Waals surface area contributed by atoms with Crippen molar-refractivity contribution in [3.05, 3.63) is 28.8 Å². The molecule has 0 spiro atoms. The maximum absolute atomic E-state index is 12.4. The Morgan fingerprint density at radius 3 is 2.54 bits per heavy atom. The molecule has 0 aromatic heterocycles. The smallest absolute Gasteiger partial charge is 0.422 e. The zero-order valence-corrected chi connectivity index (χ0v) is 15.3. The van der Waals surface area contributed by atoms with Crippen molar-refractivity contribution in [2.24, 2.45) is 0 Å². The topological polar surface area (TPSA) is 50.8 Å². The predicted octanol–water partition coefficient (Wildman–Crippen LogP) is 2.58. The summed E-state index contributed by atoms with van der Waals surface area (Å²) in [6, 6.07) is 3.52. The van der Waals surface area contributed by atoms with Crippen molar-refractivity contribution in [2.75, 3.05) is 33.4 Å². The minimum Gasteiger partial charge on any atom is -0.484 e. The molecule has 1 atom stereocenters. The number of amides is 1. The molecule has 1 amide bonds. The van der Waals surface area contributed by atoms with Crippen LogP contribution in [0, 0.1) is 13.8 Å². The van der Waals surface area contributed by atoms with Crippen molar-refractivity contribution in [1.82, 2.24) is 10.2 Å². The van der Waals surface area contributed by atoms with E-state index in [-0.39, 0.29) is 17.7 Å². The van der Waals surface area contributed by atoms with Gasteiger partial charge in [-0.15, -0.1) is 0 Å². The maximum Gasteiger partial charge on any atom is 0.422 e. The van der Waals surface area contributed by atoms with E-state index in [1.54, 1.807) is 37.9 Å². The van der Waals surface area contributed by atoms with Crippen LogP contribution in [0.2, 0.25) is 0 Å². The van der Waals surface area contributed by atoms with Gasteiger partial charge in [-0.1, -0.05) is 12.1 Å². The van der Waals surface area contributed by atoms with E-state index in [2.05, 4.69) is 5.32 Å². The van der Waals surface area contributed by atoms with E-state index < -0.39 is 12.8 Å². The van der Waals surface area contributed by atoms with Crippen LogP contribution >= 0.6 is 0 Å². The first-order chi connectivity index (χ1) is 12.2. The third-order valence-corrected chi connectivity index (χ3v) is 4.17. The molecule has 1 heterocycles. The highest BCUT2D eigenvalue weighted by atomic mass is 19.4. The number of hydrogen-bond donors (Lipinski definition) is 1. The molecule has 26 heavy (non-hydrogen) atoms.